The van der Waals surface area contributed by atoms with Gasteiger partial charge in [0.05, 0.1) is 0 Å². The van der Waals surface area contributed by atoms with Crippen LogP contribution in [-0.4, -0.2) is 60.9 Å². The van der Waals surface area contributed by atoms with Crippen LogP contribution < -0.4 is 5.32 Å². The molecule has 0 aromatic heterocycles. The van der Waals surface area contributed by atoms with E-state index < -0.39 is 0 Å². The number of nitrogens with zero attached hydrogens (tertiary/aromatic N) is 2. The number of likely N-dealkylation sites (tertiary alicyclic amines) is 1. The number of piperazine rings is 1. The average molecular weight is 267 g/mol. The summed E-state index contributed by atoms with van der Waals surface area (Å²) in [5, 5.41) is 3.19. The molecule has 2 amide bonds. The van der Waals surface area contributed by atoms with E-state index in [9.17, 15) is 9.59 Å². The smallest absolute Gasteiger partial charge is 0.312 e. The summed E-state index contributed by atoms with van der Waals surface area (Å²) in [6.07, 6.45) is 3.19. The second-order valence-corrected chi connectivity index (χ2v) is 5.73. The summed E-state index contributed by atoms with van der Waals surface area (Å²) in [4.78, 5) is 27.9. The first-order valence-electron chi connectivity index (χ1n) is 7.41. The Hall–Kier alpha value is -1.10. The predicted molar refractivity (Wildman–Crippen MR) is 73.7 cm³/mol. The van der Waals surface area contributed by atoms with Crippen LogP contribution in [0.3, 0.4) is 0 Å². The molecule has 19 heavy (non-hydrogen) atoms. The molecule has 0 radical (unpaired) electrons. The van der Waals surface area contributed by atoms with Crippen molar-refractivity contribution in [3.8, 4) is 0 Å². The molecule has 0 saturated carbocycles. The van der Waals surface area contributed by atoms with Crippen LogP contribution in [0.1, 0.15) is 33.1 Å². The molecular weight excluding hydrogens is 242 g/mol. The summed E-state index contributed by atoms with van der Waals surface area (Å²) in [5.41, 5.74) is 0.236. The summed E-state index contributed by atoms with van der Waals surface area (Å²) >= 11 is 0. The highest BCUT2D eigenvalue weighted by atomic mass is 16.2. The van der Waals surface area contributed by atoms with Gasteiger partial charge in [0.15, 0.2) is 0 Å². The Bertz CT molecular complexity index is 347. The lowest BCUT2D eigenvalue weighted by molar-refractivity contribution is -0.151. The number of rotatable bonds is 2. The van der Waals surface area contributed by atoms with Crippen LogP contribution in [0, 0.1) is 5.41 Å². The normalized spacial score (nSPS) is 22.6. The fraction of sp³-hybridized carbons (Fsp3) is 0.857. The highest BCUT2D eigenvalue weighted by molar-refractivity contribution is 6.35. The molecule has 0 aliphatic carbocycles. The van der Waals surface area contributed by atoms with E-state index in [0.717, 1.165) is 45.4 Å². The zero-order valence-electron chi connectivity index (χ0n) is 12.1. The topological polar surface area (TPSA) is 52.7 Å². The van der Waals surface area contributed by atoms with Crippen LogP contribution >= 0.6 is 0 Å². The number of carbonyl (C=O) groups excluding carboxylic acids is 2. The van der Waals surface area contributed by atoms with Crippen LogP contribution in [0.15, 0.2) is 0 Å². The molecular formula is C14H25N3O2. The molecule has 2 fully saturated rings. The molecule has 0 spiro atoms. The molecule has 0 aromatic rings. The number of carbonyl (C=O) groups is 2. The quantitative estimate of drug-likeness (QED) is 0.739. The highest BCUT2D eigenvalue weighted by Crippen LogP contribution is 2.36. The molecule has 0 bridgehead atoms. The van der Waals surface area contributed by atoms with Gasteiger partial charge in [-0.2, -0.15) is 0 Å². The molecule has 0 unspecified atom stereocenters. The van der Waals surface area contributed by atoms with Crippen LogP contribution in [0.2, 0.25) is 0 Å². The van der Waals surface area contributed by atoms with Crippen molar-refractivity contribution in [3.05, 3.63) is 0 Å². The molecule has 108 valence electrons. The number of amides is 2. The minimum Gasteiger partial charge on any atom is -0.334 e. The monoisotopic (exact) mass is 267 g/mol. The number of hydrogen-bond acceptors (Lipinski definition) is 3. The average Bonchev–Trinajstić information content (AvgIpc) is 2.92. The van der Waals surface area contributed by atoms with Gasteiger partial charge in [0.2, 0.25) is 0 Å². The van der Waals surface area contributed by atoms with Gasteiger partial charge in [-0.1, -0.05) is 13.8 Å². The van der Waals surface area contributed by atoms with Gasteiger partial charge in [-0.3, -0.25) is 9.59 Å². The Morgan fingerprint density at radius 1 is 1.00 bits per heavy atom. The zero-order chi connectivity index (χ0) is 13.9. The summed E-state index contributed by atoms with van der Waals surface area (Å²) in [7, 11) is 0. The molecule has 2 heterocycles. The Balaban J connectivity index is 1.95. The number of hydrogen-bond donors (Lipinski definition) is 1. The third kappa shape index (κ3) is 2.91. The first-order chi connectivity index (χ1) is 9.12. The number of nitrogens with one attached hydrogen (secondary N) is 1. The van der Waals surface area contributed by atoms with E-state index in [-0.39, 0.29) is 17.2 Å². The van der Waals surface area contributed by atoms with Crippen molar-refractivity contribution >= 4 is 11.8 Å². The molecule has 5 nitrogen and oxygen atoms in total. The van der Waals surface area contributed by atoms with Crippen molar-refractivity contribution in [1.82, 2.24) is 15.1 Å². The van der Waals surface area contributed by atoms with E-state index in [4.69, 9.17) is 0 Å². The van der Waals surface area contributed by atoms with Gasteiger partial charge in [-0.15, -0.1) is 0 Å². The van der Waals surface area contributed by atoms with Gasteiger partial charge in [0, 0.05) is 39.3 Å². The van der Waals surface area contributed by atoms with E-state index >= 15 is 0 Å². The van der Waals surface area contributed by atoms with Gasteiger partial charge in [0.1, 0.15) is 0 Å². The van der Waals surface area contributed by atoms with E-state index in [0.29, 0.717) is 13.1 Å². The molecule has 5 heteroatoms. The predicted octanol–water partition coefficient (Wildman–Crippen LogP) is 0.457. The maximum absolute atomic E-state index is 12.3. The SMILES string of the molecule is CCC1(CC)CCN(C(=O)C(=O)N2CCNCC2)C1. The Labute approximate surface area is 115 Å². The maximum Gasteiger partial charge on any atom is 0.312 e. The third-order valence-corrected chi connectivity index (χ3v) is 4.81. The van der Waals surface area contributed by atoms with E-state index in [1.807, 2.05) is 0 Å². The molecule has 2 aliphatic heterocycles. The lowest BCUT2D eigenvalue weighted by Crippen LogP contribution is -2.52. The van der Waals surface area contributed by atoms with Crippen molar-refractivity contribution in [2.24, 2.45) is 5.41 Å². The van der Waals surface area contributed by atoms with Gasteiger partial charge in [-0.25, -0.2) is 0 Å². The minimum atomic E-state index is -0.315. The summed E-state index contributed by atoms with van der Waals surface area (Å²) in [6, 6.07) is 0. The largest absolute Gasteiger partial charge is 0.334 e. The molecule has 2 saturated heterocycles. The minimum absolute atomic E-state index is 0.236. The first kappa shape index (κ1) is 14.3. The molecule has 0 aromatic carbocycles. The van der Waals surface area contributed by atoms with E-state index in [2.05, 4.69) is 19.2 Å². The Morgan fingerprint density at radius 2 is 1.58 bits per heavy atom. The standard InChI is InChI=1S/C14H25N3O2/c1-3-14(4-2)5-8-17(11-14)13(19)12(18)16-9-6-15-7-10-16/h15H,3-11H2,1-2H3. The van der Waals surface area contributed by atoms with Gasteiger partial charge >= 0.3 is 11.8 Å². The van der Waals surface area contributed by atoms with Crippen molar-refractivity contribution in [3.63, 3.8) is 0 Å². The fourth-order valence-corrected chi connectivity index (χ4v) is 3.07. The zero-order valence-corrected chi connectivity index (χ0v) is 12.1. The maximum atomic E-state index is 12.3. The summed E-state index contributed by atoms with van der Waals surface area (Å²) in [5.74, 6) is -0.616. The van der Waals surface area contributed by atoms with Crippen molar-refractivity contribution in [2.45, 2.75) is 33.1 Å². The van der Waals surface area contributed by atoms with Crippen molar-refractivity contribution in [1.29, 1.82) is 0 Å². The van der Waals surface area contributed by atoms with Crippen LogP contribution in [0.5, 0.6) is 0 Å². The van der Waals surface area contributed by atoms with Crippen molar-refractivity contribution in [2.75, 3.05) is 39.3 Å². The molecule has 2 aliphatic rings. The van der Waals surface area contributed by atoms with Crippen LogP contribution in [0.25, 0.3) is 0 Å². The summed E-state index contributed by atoms with van der Waals surface area (Å²) in [6.45, 7) is 8.69. The summed E-state index contributed by atoms with van der Waals surface area (Å²) < 4.78 is 0. The van der Waals surface area contributed by atoms with Gasteiger partial charge < -0.3 is 15.1 Å². The lowest BCUT2D eigenvalue weighted by atomic mass is 9.82. The van der Waals surface area contributed by atoms with Crippen LogP contribution in [0.4, 0.5) is 0 Å². The molecule has 1 N–H and O–H groups in total. The van der Waals surface area contributed by atoms with E-state index in [1.165, 1.54) is 0 Å². The Kier molecular flexibility index (Phi) is 4.45. The highest BCUT2D eigenvalue weighted by Gasteiger charge is 2.39. The second-order valence-electron chi connectivity index (χ2n) is 5.73. The second kappa shape index (κ2) is 5.90. The van der Waals surface area contributed by atoms with Gasteiger partial charge in [0.25, 0.3) is 0 Å². The third-order valence-electron chi connectivity index (χ3n) is 4.81. The molecule has 2 rings (SSSR count). The van der Waals surface area contributed by atoms with Crippen molar-refractivity contribution < 1.29 is 9.59 Å². The van der Waals surface area contributed by atoms with Crippen LogP contribution in [-0.2, 0) is 9.59 Å². The first-order valence-corrected chi connectivity index (χ1v) is 7.41. The van der Waals surface area contributed by atoms with E-state index in [1.54, 1.807) is 9.80 Å². The fourth-order valence-electron chi connectivity index (χ4n) is 3.07. The lowest BCUT2D eigenvalue weighted by Gasteiger charge is -2.29. The van der Waals surface area contributed by atoms with Gasteiger partial charge in [-0.05, 0) is 24.7 Å². The Morgan fingerprint density at radius 3 is 2.11 bits per heavy atom. The molecule has 0 atom stereocenters.